The summed E-state index contributed by atoms with van der Waals surface area (Å²) in [6.45, 7) is 0.504. The highest BCUT2D eigenvalue weighted by molar-refractivity contribution is 5.82. The van der Waals surface area contributed by atoms with Gasteiger partial charge in [-0.25, -0.2) is 0 Å². The van der Waals surface area contributed by atoms with E-state index in [1.165, 1.54) is 0 Å². The predicted molar refractivity (Wildman–Crippen MR) is 51.4 cm³/mol. The lowest BCUT2D eigenvalue weighted by atomic mass is 10.1. The Morgan fingerprint density at radius 2 is 2.08 bits per heavy atom. The van der Waals surface area contributed by atoms with Crippen LogP contribution in [0.2, 0.25) is 0 Å². The number of rotatable bonds is 3. The quantitative estimate of drug-likeness (QED) is 0.272. The van der Waals surface area contributed by atoms with Gasteiger partial charge in [-0.3, -0.25) is 0 Å². The van der Waals surface area contributed by atoms with Crippen molar-refractivity contribution < 1.29 is 5.21 Å². The monoisotopic (exact) mass is 179 g/mol. The zero-order valence-corrected chi connectivity index (χ0v) is 7.27. The van der Waals surface area contributed by atoms with Crippen molar-refractivity contribution >= 4 is 5.84 Å². The van der Waals surface area contributed by atoms with Crippen LogP contribution in [0.4, 0.5) is 0 Å². The molecule has 0 amide bonds. The van der Waals surface area contributed by atoms with E-state index in [4.69, 9.17) is 16.7 Å². The van der Waals surface area contributed by atoms with Crippen LogP contribution in [0.3, 0.4) is 0 Å². The van der Waals surface area contributed by atoms with Crippen molar-refractivity contribution in [2.75, 3.05) is 0 Å². The summed E-state index contributed by atoms with van der Waals surface area (Å²) in [5.74, 6) is 0.203. The van der Waals surface area contributed by atoms with Crippen molar-refractivity contribution in [2.24, 2.45) is 16.6 Å². The van der Waals surface area contributed by atoms with Gasteiger partial charge in [0, 0.05) is 13.0 Å². The summed E-state index contributed by atoms with van der Waals surface area (Å²) in [6, 6.07) is 7.70. The van der Waals surface area contributed by atoms with Gasteiger partial charge in [-0.2, -0.15) is 0 Å². The van der Waals surface area contributed by atoms with Gasteiger partial charge < -0.3 is 16.7 Å². The molecule has 0 saturated carbocycles. The average Bonchev–Trinajstić information content (AvgIpc) is 2.18. The number of nitrogens with zero attached hydrogens (tertiary/aromatic N) is 1. The van der Waals surface area contributed by atoms with Crippen LogP contribution < -0.4 is 11.5 Å². The third-order valence-corrected chi connectivity index (χ3v) is 1.74. The first-order chi connectivity index (χ1) is 6.26. The van der Waals surface area contributed by atoms with Gasteiger partial charge in [0.2, 0.25) is 0 Å². The molecule has 0 heterocycles. The third-order valence-electron chi connectivity index (χ3n) is 1.74. The fourth-order valence-electron chi connectivity index (χ4n) is 1.11. The molecule has 0 saturated heterocycles. The molecule has 1 aromatic rings. The third kappa shape index (κ3) is 2.76. The molecule has 5 N–H and O–H groups in total. The Morgan fingerprint density at radius 3 is 2.69 bits per heavy atom. The number of amidine groups is 1. The van der Waals surface area contributed by atoms with Gasteiger partial charge >= 0.3 is 0 Å². The molecule has 0 atom stereocenters. The normalized spacial score (nSPS) is 11.6. The fraction of sp³-hybridized carbons (Fsp3) is 0.222. The highest BCUT2D eigenvalue weighted by Crippen LogP contribution is 2.05. The van der Waals surface area contributed by atoms with Gasteiger partial charge in [0.15, 0.2) is 0 Å². The Balaban J connectivity index is 2.77. The molecule has 4 nitrogen and oxygen atoms in total. The van der Waals surface area contributed by atoms with E-state index in [-0.39, 0.29) is 5.84 Å². The van der Waals surface area contributed by atoms with Gasteiger partial charge in [0.05, 0.1) is 0 Å². The second-order valence-corrected chi connectivity index (χ2v) is 2.79. The predicted octanol–water partition coefficient (Wildman–Crippen LogP) is 0.434. The SMILES string of the molecule is NCc1cccc(CC(N)=NO)c1. The number of benzene rings is 1. The number of oxime groups is 1. The van der Waals surface area contributed by atoms with Gasteiger partial charge in [0.25, 0.3) is 0 Å². The minimum Gasteiger partial charge on any atom is -0.409 e. The van der Waals surface area contributed by atoms with E-state index in [2.05, 4.69) is 5.16 Å². The first-order valence-electron chi connectivity index (χ1n) is 4.00. The van der Waals surface area contributed by atoms with Crippen molar-refractivity contribution in [2.45, 2.75) is 13.0 Å². The molecule has 0 aliphatic carbocycles. The van der Waals surface area contributed by atoms with Crippen LogP contribution >= 0.6 is 0 Å². The van der Waals surface area contributed by atoms with E-state index in [9.17, 15) is 0 Å². The molecular weight excluding hydrogens is 166 g/mol. The minimum atomic E-state index is 0.203. The zero-order valence-electron chi connectivity index (χ0n) is 7.27. The Hall–Kier alpha value is -1.55. The summed E-state index contributed by atoms with van der Waals surface area (Å²) in [6.07, 6.45) is 0.449. The summed E-state index contributed by atoms with van der Waals surface area (Å²) in [5, 5.41) is 11.3. The topological polar surface area (TPSA) is 84.6 Å². The van der Waals surface area contributed by atoms with Crippen LogP contribution in [0.25, 0.3) is 0 Å². The second-order valence-electron chi connectivity index (χ2n) is 2.79. The van der Waals surface area contributed by atoms with Crippen LogP contribution in [0.15, 0.2) is 29.4 Å². The summed E-state index contributed by atoms with van der Waals surface area (Å²) >= 11 is 0. The van der Waals surface area contributed by atoms with Crippen molar-refractivity contribution in [3.63, 3.8) is 0 Å². The van der Waals surface area contributed by atoms with E-state index in [1.54, 1.807) is 0 Å². The van der Waals surface area contributed by atoms with E-state index >= 15 is 0 Å². The van der Waals surface area contributed by atoms with Crippen LogP contribution in [0, 0.1) is 0 Å². The molecule has 1 rings (SSSR count). The van der Waals surface area contributed by atoms with Crippen molar-refractivity contribution in [1.29, 1.82) is 0 Å². The van der Waals surface area contributed by atoms with Crippen molar-refractivity contribution in [3.05, 3.63) is 35.4 Å². The van der Waals surface area contributed by atoms with E-state index < -0.39 is 0 Å². The fourth-order valence-corrected chi connectivity index (χ4v) is 1.11. The summed E-state index contributed by atoms with van der Waals surface area (Å²) < 4.78 is 0. The van der Waals surface area contributed by atoms with Crippen LogP contribution in [0.1, 0.15) is 11.1 Å². The largest absolute Gasteiger partial charge is 0.409 e. The molecule has 0 aliphatic rings. The number of nitrogens with two attached hydrogens (primary N) is 2. The second kappa shape index (κ2) is 4.47. The molecule has 4 heteroatoms. The maximum Gasteiger partial charge on any atom is 0.143 e. The van der Waals surface area contributed by atoms with E-state index in [0.29, 0.717) is 13.0 Å². The molecular formula is C9H13N3O. The first-order valence-corrected chi connectivity index (χ1v) is 4.00. The maximum absolute atomic E-state index is 8.36. The zero-order chi connectivity index (χ0) is 9.68. The lowest BCUT2D eigenvalue weighted by Crippen LogP contribution is -2.14. The van der Waals surface area contributed by atoms with Gasteiger partial charge in [-0.05, 0) is 11.1 Å². The lowest BCUT2D eigenvalue weighted by Gasteiger charge is -2.01. The average molecular weight is 179 g/mol. The molecule has 1 aromatic carbocycles. The first kappa shape index (κ1) is 9.54. The highest BCUT2D eigenvalue weighted by atomic mass is 16.4. The van der Waals surface area contributed by atoms with Crippen molar-refractivity contribution in [1.82, 2.24) is 0 Å². The Morgan fingerprint density at radius 1 is 1.38 bits per heavy atom. The summed E-state index contributed by atoms with van der Waals surface area (Å²) in [7, 11) is 0. The molecule has 0 aromatic heterocycles. The Kier molecular flexibility index (Phi) is 3.28. The van der Waals surface area contributed by atoms with Gasteiger partial charge in [0.1, 0.15) is 5.84 Å². The van der Waals surface area contributed by atoms with Gasteiger partial charge in [-0.1, -0.05) is 29.4 Å². The minimum absolute atomic E-state index is 0.203. The van der Waals surface area contributed by atoms with Crippen molar-refractivity contribution in [3.8, 4) is 0 Å². The lowest BCUT2D eigenvalue weighted by molar-refractivity contribution is 0.317. The molecule has 13 heavy (non-hydrogen) atoms. The molecule has 0 aliphatic heterocycles. The van der Waals surface area contributed by atoms with Crippen LogP contribution in [0.5, 0.6) is 0 Å². The molecule has 0 radical (unpaired) electrons. The molecule has 0 spiro atoms. The van der Waals surface area contributed by atoms with E-state index in [0.717, 1.165) is 11.1 Å². The number of hydrogen-bond donors (Lipinski definition) is 3. The molecule has 70 valence electrons. The molecule has 0 fully saturated rings. The smallest absolute Gasteiger partial charge is 0.143 e. The summed E-state index contributed by atoms with van der Waals surface area (Å²) in [5.41, 5.74) is 12.9. The summed E-state index contributed by atoms with van der Waals surface area (Å²) in [4.78, 5) is 0. The molecule has 0 bridgehead atoms. The number of hydrogen-bond acceptors (Lipinski definition) is 3. The standard InChI is InChI=1S/C9H13N3O/c10-6-8-3-1-2-7(4-8)5-9(11)12-13/h1-4,13H,5-6,10H2,(H2,11,12). The maximum atomic E-state index is 8.36. The highest BCUT2D eigenvalue weighted by Gasteiger charge is 1.97. The Bertz CT molecular complexity index is 309. The van der Waals surface area contributed by atoms with E-state index in [1.807, 2.05) is 24.3 Å². The van der Waals surface area contributed by atoms with Gasteiger partial charge in [-0.15, -0.1) is 0 Å². The van der Waals surface area contributed by atoms with Crippen LogP contribution in [-0.4, -0.2) is 11.0 Å². The molecule has 0 unspecified atom stereocenters. The van der Waals surface area contributed by atoms with Crippen LogP contribution in [-0.2, 0) is 13.0 Å². The Labute approximate surface area is 76.8 Å².